The molecule has 3 rings (SSSR count). The molecule has 0 radical (unpaired) electrons. The first-order valence-electron chi connectivity index (χ1n) is 8.47. The maximum absolute atomic E-state index is 9.36. The molecular weight excluding hydrogens is 232 g/mol. The van der Waals surface area contributed by atoms with Gasteiger partial charge in [0.1, 0.15) is 0 Å². The van der Waals surface area contributed by atoms with E-state index in [1.165, 1.54) is 77.3 Å². The Balaban J connectivity index is 1.58. The van der Waals surface area contributed by atoms with Crippen LogP contribution in [0, 0.1) is 22.7 Å². The first-order valence-corrected chi connectivity index (χ1v) is 8.47. The third-order valence-corrected chi connectivity index (χ3v) is 6.14. The molecule has 19 heavy (non-hydrogen) atoms. The smallest absolute Gasteiger partial charge is 0.0672 e. The average molecular weight is 260 g/mol. The van der Waals surface area contributed by atoms with Crippen molar-refractivity contribution < 1.29 is 0 Å². The van der Waals surface area contributed by atoms with Crippen LogP contribution in [0.25, 0.3) is 0 Å². The van der Waals surface area contributed by atoms with Crippen molar-refractivity contribution in [3.05, 3.63) is 0 Å². The topological polar surface area (TPSA) is 27.0 Å². The van der Waals surface area contributed by atoms with Crippen LogP contribution in [-0.4, -0.2) is 24.0 Å². The van der Waals surface area contributed by atoms with Gasteiger partial charge in [0.2, 0.25) is 0 Å². The van der Waals surface area contributed by atoms with Crippen LogP contribution in [0.4, 0.5) is 0 Å². The second kappa shape index (κ2) is 5.83. The van der Waals surface area contributed by atoms with E-state index in [1.807, 2.05) is 0 Å². The van der Waals surface area contributed by atoms with Gasteiger partial charge in [-0.15, -0.1) is 0 Å². The maximum Gasteiger partial charge on any atom is 0.0672 e. The fourth-order valence-corrected chi connectivity index (χ4v) is 4.83. The summed E-state index contributed by atoms with van der Waals surface area (Å²) in [5, 5.41) is 9.36. The standard InChI is InChI=1S/C17H28N2/c18-14-15-6-2-3-7-16(15)19-12-10-17(11-13-19)8-4-1-5-9-17/h15-16H,1-13H2. The Labute approximate surface area is 118 Å². The van der Waals surface area contributed by atoms with Crippen LogP contribution in [0.5, 0.6) is 0 Å². The number of hydrogen-bond donors (Lipinski definition) is 0. The molecule has 2 unspecified atom stereocenters. The van der Waals surface area contributed by atoms with E-state index >= 15 is 0 Å². The lowest BCUT2D eigenvalue weighted by Gasteiger charge is -2.48. The fourth-order valence-electron chi connectivity index (χ4n) is 4.83. The predicted molar refractivity (Wildman–Crippen MR) is 77.7 cm³/mol. The summed E-state index contributed by atoms with van der Waals surface area (Å²) in [6.45, 7) is 2.53. The van der Waals surface area contributed by atoms with Gasteiger partial charge in [0.15, 0.2) is 0 Å². The minimum absolute atomic E-state index is 0.314. The van der Waals surface area contributed by atoms with E-state index in [-0.39, 0.29) is 0 Å². The monoisotopic (exact) mass is 260 g/mol. The molecule has 2 aliphatic carbocycles. The summed E-state index contributed by atoms with van der Waals surface area (Å²) in [5.41, 5.74) is 0.700. The van der Waals surface area contributed by atoms with Crippen LogP contribution in [0.2, 0.25) is 0 Å². The molecule has 2 heteroatoms. The van der Waals surface area contributed by atoms with Gasteiger partial charge in [0.25, 0.3) is 0 Å². The van der Waals surface area contributed by atoms with Gasteiger partial charge in [0.05, 0.1) is 12.0 Å². The van der Waals surface area contributed by atoms with Gasteiger partial charge in [-0.2, -0.15) is 5.26 Å². The molecule has 1 spiro atoms. The van der Waals surface area contributed by atoms with Gasteiger partial charge in [-0.3, -0.25) is 4.90 Å². The molecule has 2 saturated carbocycles. The molecule has 0 N–H and O–H groups in total. The van der Waals surface area contributed by atoms with Crippen LogP contribution in [0.15, 0.2) is 0 Å². The van der Waals surface area contributed by atoms with Gasteiger partial charge < -0.3 is 0 Å². The predicted octanol–water partition coefficient (Wildman–Crippen LogP) is 4.12. The summed E-state index contributed by atoms with van der Waals surface area (Å²) in [6, 6.07) is 3.16. The Kier molecular flexibility index (Phi) is 4.12. The summed E-state index contributed by atoms with van der Waals surface area (Å²) in [5.74, 6) is 0.314. The molecule has 0 aromatic carbocycles. The van der Waals surface area contributed by atoms with E-state index < -0.39 is 0 Å². The number of nitriles is 1. The minimum Gasteiger partial charge on any atom is -0.299 e. The Morgan fingerprint density at radius 2 is 1.53 bits per heavy atom. The van der Waals surface area contributed by atoms with E-state index in [2.05, 4.69) is 11.0 Å². The molecule has 2 nitrogen and oxygen atoms in total. The molecular formula is C17H28N2. The van der Waals surface area contributed by atoms with E-state index in [1.54, 1.807) is 0 Å². The van der Waals surface area contributed by atoms with Gasteiger partial charge in [-0.1, -0.05) is 32.1 Å². The van der Waals surface area contributed by atoms with Crippen LogP contribution in [0.1, 0.15) is 70.6 Å². The number of likely N-dealkylation sites (tertiary alicyclic amines) is 1. The second-order valence-electron chi connectivity index (χ2n) is 7.18. The van der Waals surface area contributed by atoms with E-state index in [0.29, 0.717) is 17.4 Å². The SMILES string of the molecule is N#CC1CCCCC1N1CCC2(CCCCC2)CC1. The molecule has 0 bridgehead atoms. The lowest BCUT2D eigenvalue weighted by molar-refractivity contribution is 0.0251. The largest absolute Gasteiger partial charge is 0.299 e. The summed E-state index contributed by atoms with van der Waals surface area (Å²) in [7, 11) is 0. The van der Waals surface area contributed by atoms with Crippen LogP contribution >= 0.6 is 0 Å². The van der Waals surface area contributed by atoms with Crippen molar-refractivity contribution in [3.63, 3.8) is 0 Å². The Morgan fingerprint density at radius 3 is 2.21 bits per heavy atom. The number of hydrogen-bond acceptors (Lipinski definition) is 2. The first-order chi connectivity index (χ1) is 9.33. The van der Waals surface area contributed by atoms with Gasteiger partial charge >= 0.3 is 0 Å². The highest BCUT2D eigenvalue weighted by molar-refractivity contribution is 4.98. The second-order valence-corrected chi connectivity index (χ2v) is 7.18. The van der Waals surface area contributed by atoms with Crippen molar-refractivity contribution in [2.24, 2.45) is 11.3 Å². The molecule has 106 valence electrons. The zero-order chi connectivity index (χ0) is 13.1. The Bertz CT molecular complexity index is 328. The molecule has 0 aromatic heterocycles. The molecule has 1 heterocycles. The zero-order valence-electron chi connectivity index (χ0n) is 12.2. The van der Waals surface area contributed by atoms with Crippen molar-refractivity contribution in [2.45, 2.75) is 76.7 Å². The van der Waals surface area contributed by atoms with Crippen LogP contribution in [-0.2, 0) is 0 Å². The molecule has 2 atom stereocenters. The normalized spacial score (nSPS) is 35.9. The Morgan fingerprint density at radius 1 is 0.842 bits per heavy atom. The lowest BCUT2D eigenvalue weighted by Crippen LogP contribution is -2.49. The fraction of sp³-hybridized carbons (Fsp3) is 0.941. The quantitative estimate of drug-likeness (QED) is 0.709. The van der Waals surface area contributed by atoms with E-state index in [9.17, 15) is 5.26 Å². The molecule has 1 aliphatic heterocycles. The highest BCUT2D eigenvalue weighted by Crippen LogP contribution is 2.45. The molecule has 0 aromatic rings. The van der Waals surface area contributed by atoms with Crippen molar-refractivity contribution in [2.75, 3.05) is 13.1 Å². The summed E-state index contributed by atoms with van der Waals surface area (Å²) in [4.78, 5) is 2.67. The number of nitrogens with zero attached hydrogens (tertiary/aromatic N) is 2. The Hall–Kier alpha value is -0.550. The molecule has 3 aliphatic rings. The third-order valence-electron chi connectivity index (χ3n) is 6.14. The van der Waals surface area contributed by atoms with E-state index in [4.69, 9.17) is 0 Å². The summed E-state index contributed by atoms with van der Waals surface area (Å²) < 4.78 is 0. The van der Waals surface area contributed by atoms with Gasteiger partial charge in [0, 0.05) is 6.04 Å². The lowest BCUT2D eigenvalue weighted by atomic mass is 9.67. The summed E-state index contributed by atoms with van der Waals surface area (Å²) in [6.07, 6.45) is 15.2. The van der Waals surface area contributed by atoms with Gasteiger partial charge in [-0.25, -0.2) is 0 Å². The zero-order valence-corrected chi connectivity index (χ0v) is 12.2. The highest BCUT2D eigenvalue weighted by atomic mass is 15.2. The molecule has 3 fully saturated rings. The van der Waals surface area contributed by atoms with Gasteiger partial charge in [-0.05, 0) is 57.0 Å². The van der Waals surface area contributed by atoms with E-state index in [0.717, 1.165) is 6.42 Å². The third kappa shape index (κ3) is 2.82. The maximum atomic E-state index is 9.36. The van der Waals surface area contributed by atoms with Crippen LogP contribution in [0.3, 0.4) is 0 Å². The molecule has 1 saturated heterocycles. The average Bonchev–Trinajstić information content (AvgIpc) is 2.49. The van der Waals surface area contributed by atoms with Crippen molar-refractivity contribution in [3.8, 4) is 6.07 Å². The van der Waals surface area contributed by atoms with Crippen molar-refractivity contribution in [1.82, 2.24) is 4.90 Å². The molecule has 0 amide bonds. The highest BCUT2D eigenvalue weighted by Gasteiger charge is 2.39. The van der Waals surface area contributed by atoms with Crippen LogP contribution < -0.4 is 0 Å². The van der Waals surface area contributed by atoms with Crippen molar-refractivity contribution >= 4 is 0 Å². The number of rotatable bonds is 1. The number of piperidine rings is 1. The minimum atomic E-state index is 0.314. The van der Waals surface area contributed by atoms with Crippen molar-refractivity contribution in [1.29, 1.82) is 5.26 Å². The first kappa shape index (κ1) is 13.4. The summed E-state index contributed by atoms with van der Waals surface area (Å²) >= 11 is 0.